The average Bonchev–Trinajstić information content (AvgIpc) is 2.31. The number of aliphatic hydroxyl groups excluding tert-OH is 1. The Balaban J connectivity index is 1.89. The predicted octanol–water partition coefficient (Wildman–Crippen LogP) is 3.03. The number of benzene rings is 1. The van der Waals surface area contributed by atoms with E-state index in [2.05, 4.69) is 30.3 Å². The highest BCUT2D eigenvalue weighted by Crippen LogP contribution is 2.30. The van der Waals surface area contributed by atoms with E-state index in [-0.39, 0.29) is 0 Å². The number of aliphatic hydroxyl groups is 1. The summed E-state index contributed by atoms with van der Waals surface area (Å²) in [6.45, 7) is 0.380. The fraction of sp³-hybridized carbons (Fsp3) is 0.571. The van der Waals surface area contributed by atoms with Gasteiger partial charge in [-0.15, -0.1) is 0 Å². The maximum absolute atomic E-state index is 9.17. The quantitative estimate of drug-likeness (QED) is 0.802. The predicted molar refractivity (Wildman–Crippen MR) is 62.7 cm³/mol. The number of hydrogen-bond acceptors (Lipinski definition) is 1. The number of rotatable bonds is 3. The first-order valence-electron chi connectivity index (χ1n) is 6.03. The zero-order valence-corrected chi connectivity index (χ0v) is 9.23. The molecular weight excluding hydrogens is 184 g/mol. The molecule has 82 valence electrons. The summed E-state index contributed by atoms with van der Waals surface area (Å²) in [5.74, 6) is 1.35. The molecular formula is C14H20O. The summed E-state index contributed by atoms with van der Waals surface area (Å²) < 4.78 is 0. The minimum Gasteiger partial charge on any atom is -0.396 e. The molecule has 1 aliphatic carbocycles. The van der Waals surface area contributed by atoms with Gasteiger partial charge in [-0.3, -0.25) is 0 Å². The van der Waals surface area contributed by atoms with E-state index in [9.17, 15) is 5.11 Å². The Morgan fingerprint density at radius 2 is 1.80 bits per heavy atom. The molecule has 15 heavy (non-hydrogen) atoms. The van der Waals surface area contributed by atoms with Crippen molar-refractivity contribution in [2.24, 2.45) is 11.8 Å². The van der Waals surface area contributed by atoms with Crippen molar-refractivity contribution >= 4 is 0 Å². The molecule has 2 unspecified atom stereocenters. The van der Waals surface area contributed by atoms with Crippen LogP contribution in [0, 0.1) is 11.8 Å². The third-order valence-corrected chi connectivity index (χ3v) is 3.52. The molecule has 1 heteroatoms. The van der Waals surface area contributed by atoms with E-state index in [0.717, 1.165) is 5.92 Å². The van der Waals surface area contributed by atoms with Gasteiger partial charge in [0, 0.05) is 6.61 Å². The lowest BCUT2D eigenvalue weighted by atomic mass is 9.79. The van der Waals surface area contributed by atoms with Crippen molar-refractivity contribution in [2.45, 2.75) is 32.1 Å². The number of hydrogen-bond donors (Lipinski definition) is 1. The Kier molecular flexibility index (Phi) is 3.79. The molecule has 1 nitrogen and oxygen atoms in total. The molecule has 1 aromatic rings. The van der Waals surface area contributed by atoms with Gasteiger partial charge in [-0.1, -0.05) is 43.2 Å². The summed E-state index contributed by atoms with van der Waals surface area (Å²) in [5, 5.41) is 9.17. The maximum atomic E-state index is 9.17. The lowest BCUT2D eigenvalue weighted by molar-refractivity contribution is 0.160. The maximum Gasteiger partial charge on any atom is 0.0459 e. The molecule has 2 atom stereocenters. The van der Waals surface area contributed by atoms with Crippen molar-refractivity contribution < 1.29 is 5.11 Å². The van der Waals surface area contributed by atoms with Gasteiger partial charge in [0.15, 0.2) is 0 Å². The molecule has 1 N–H and O–H groups in total. The van der Waals surface area contributed by atoms with Gasteiger partial charge in [-0.25, -0.2) is 0 Å². The molecule has 1 aromatic carbocycles. The van der Waals surface area contributed by atoms with Crippen molar-refractivity contribution in [3.63, 3.8) is 0 Å². The van der Waals surface area contributed by atoms with E-state index in [1.807, 2.05) is 0 Å². The molecule has 0 aromatic heterocycles. The van der Waals surface area contributed by atoms with Crippen LogP contribution in [0.3, 0.4) is 0 Å². The Bertz CT molecular complexity index is 281. The average molecular weight is 204 g/mol. The van der Waals surface area contributed by atoms with Gasteiger partial charge in [-0.2, -0.15) is 0 Å². The monoisotopic (exact) mass is 204 g/mol. The summed E-state index contributed by atoms with van der Waals surface area (Å²) in [7, 11) is 0. The Morgan fingerprint density at radius 1 is 1.07 bits per heavy atom. The lowest BCUT2D eigenvalue weighted by Gasteiger charge is -2.27. The fourth-order valence-corrected chi connectivity index (χ4v) is 2.70. The topological polar surface area (TPSA) is 20.2 Å². The highest BCUT2D eigenvalue weighted by molar-refractivity contribution is 5.15. The fourth-order valence-electron chi connectivity index (χ4n) is 2.70. The summed E-state index contributed by atoms with van der Waals surface area (Å²) in [6, 6.07) is 10.7. The molecule has 0 aliphatic heterocycles. The van der Waals surface area contributed by atoms with Crippen LogP contribution in [-0.2, 0) is 6.42 Å². The smallest absolute Gasteiger partial charge is 0.0459 e. The van der Waals surface area contributed by atoms with Gasteiger partial charge in [0.05, 0.1) is 0 Å². The molecule has 0 radical (unpaired) electrons. The lowest BCUT2D eigenvalue weighted by Crippen LogP contribution is -2.19. The van der Waals surface area contributed by atoms with Crippen LogP contribution in [0.4, 0.5) is 0 Å². The first-order chi connectivity index (χ1) is 7.38. The van der Waals surface area contributed by atoms with Gasteiger partial charge in [-0.05, 0) is 36.7 Å². The molecule has 1 saturated carbocycles. The molecule has 1 aliphatic rings. The zero-order chi connectivity index (χ0) is 10.5. The van der Waals surface area contributed by atoms with E-state index in [0.29, 0.717) is 12.5 Å². The first kappa shape index (κ1) is 10.7. The zero-order valence-electron chi connectivity index (χ0n) is 9.23. The van der Waals surface area contributed by atoms with Crippen molar-refractivity contribution in [3.05, 3.63) is 35.9 Å². The minimum atomic E-state index is 0.380. The van der Waals surface area contributed by atoms with Gasteiger partial charge in [0.2, 0.25) is 0 Å². The van der Waals surface area contributed by atoms with E-state index < -0.39 is 0 Å². The van der Waals surface area contributed by atoms with Crippen molar-refractivity contribution in [3.8, 4) is 0 Å². The van der Waals surface area contributed by atoms with Crippen LogP contribution < -0.4 is 0 Å². The molecule has 0 bridgehead atoms. The van der Waals surface area contributed by atoms with Crippen LogP contribution in [0.1, 0.15) is 31.2 Å². The Labute approximate surface area is 92.1 Å². The van der Waals surface area contributed by atoms with E-state index >= 15 is 0 Å². The van der Waals surface area contributed by atoms with E-state index in [4.69, 9.17) is 0 Å². The van der Waals surface area contributed by atoms with Gasteiger partial charge in [0.25, 0.3) is 0 Å². The van der Waals surface area contributed by atoms with Gasteiger partial charge >= 0.3 is 0 Å². The van der Waals surface area contributed by atoms with Crippen molar-refractivity contribution in [1.29, 1.82) is 0 Å². The Morgan fingerprint density at radius 3 is 2.53 bits per heavy atom. The summed E-state index contributed by atoms with van der Waals surface area (Å²) in [6.07, 6.45) is 6.26. The second-order valence-electron chi connectivity index (χ2n) is 4.77. The third-order valence-electron chi connectivity index (χ3n) is 3.52. The second-order valence-corrected chi connectivity index (χ2v) is 4.77. The second kappa shape index (κ2) is 5.32. The largest absolute Gasteiger partial charge is 0.396 e. The van der Waals surface area contributed by atoms with E-state index in [1.54, 1.807) is 0 Å². The van der Waals surface area contributed by atoms with Crippen LogP contribution in [0.5, 0.6) is 0 Å². The highest BCUT2D eigenvalue weighted by Gasteiger charge is 2.21. The molecule has 2 rings (SSSR count). The molecule has 0 amide bonds. The SMILES string of the molecule is OCC1CCCC(Cc2ccccc2)C1. The molecule has 1 fully saturated rings. The van der Waals surface area contributed by atoms with E-state index in [1.165, 1.54) is 37.7 Å². The van der Waals surface area contributed by atoms with Crippen molar-refractivity contribution in [1.82, 2.24) is 0 Å². The normalized spacial score (nSPS) is 26.5. The minimum absolute atomic E-state index is 0.380. The highest BCUT2D eigenvalue weighted by atomic mass is 16.3. The van der Waals surface area contributed by atoms with Crippen LogP contribution in [0.25, 0.3) is 0 Å². The van der Waals surface area contributed by atoms with Crippen LogP contribution in [0.2, 0.25) is 0 Å². The molecule has 0 heterocycles. The van der Waals surface area contributed by atoms with Crippen LogP contribution in [0.15, 0.2) is 30.3 Å². The van der Waals surface area contributed by atoms with Crippen LogP contribution in [-0.4, -0.2) is 11.7 Å². The summed E-state index contributed by atoms with van der Waals surface area (Å²) in [4.78, 5) is 0. The first-order valence-corrected chi connectivity index (χ1v) is 6.03. The summed E-state index contributed by atoms with van der Waals surface area (Å²) >= 11 is 0. The molecule has 0 spiro atoms. The third kappa shape index (κ3) is 3.07. The van der Waals surface area contributed by atoms with Crippen LogP contribution >= 0.6 is 0 Å². The van der Waals surface area contributed by atoms with Gasteiger partial charge in [0.1, 0.15) is 0 Å². The molecule has 0 saturated heterocycles. The van der Waals surface area contributed by atoms with Crippen molar-refractivity contribution in [2.75, 3.05) is 6.61 Å². The Hall–Kier alpha value is -0.820. The standard InChI is InChI=1S/C14H20O/c15-11-14-8-4-7-13(10-14)9-12-5-2-1-3-6-12/h1-3,5-6,13-15H,4,7-11H2. The van der Waals surface area contributed by atoms with Gasteiger partial charge < -0.3 is 5.11 Å². The summed E-state index contributed by atoms with van der Waals surface area (Å²) in [5.41, 5.74) is 1.45.